The molecule has 1 saturated heterocycles. The van der Waals surface area contributed by atoms with Gasteiger partial charge in [-0.05, 0) is 24.5 Å². The zero-order chi connectivity index (χ0) is 13.4. The number of rotatable bonds is 2. The Hall–Kier alpha value is -1.88. The van der Waals surface area contributed by atoms with Crippen LogP contribution in [0.25, 0.3) is 0 Å². The summed E-state index contributed by atoms with van der Waals surface area (Å²) in [7, 11) is 0. The summed E-state index contributed by atoms with van der Waals surface area (Å²) in [5, 5.41) is 0. The first-order valence-corrected chi connectivity index (χ1v) is 6.59. The Balaban J connectivity index is 1.85. The van der Waals surface area contributed by atoms with Crippen molar-refractivity contribution in [3.8, 4) is 0 Å². The number of fused-ring (bicyclic) bond motifs is 1. The van der Waals surface area contributed by atoms with Crippen molar-refractivity contribution in [2.24, 2.45) is 5.73 Å². The molecule has 2 aliphatic rings. The molecule has 0 spiro atoms. The fourth-order valence-electron chi connectivity index (χ4n) is 2.55. The molecule has 0 aromatic heterocycles. The Labute approximate surface area is 112 Å². The summed E-state index contributed by atoms with van der Waals surface area (Å²) < 4.78 is 0. The molecule has 2 N–H and O–H groups in total. The number of nitrogens with two attached hydrogens (primary N) is 1. The number of carbonyl (C=O) groups is 2. The van der Waals surface area contributed by atoms with Gasteiger partial charge in [0.25, 0.3) is 0 Å². The van der Waals surface area contributed by atoms with Crippen LogP contribution in [0, 0.1) is 0 Å². The molecule has 19 heavy (non-hydrogen) atoms. The average Bonchev–Trinajstić information content (AvgIpc) is 2.32. The number of likely N-dealkylation sites (tertiary alicyclic amines) is 1. The van der Waals surface area contributed by atoms with E-state index in [2.05, 4.69) is 0 Å². The van der Waals surface area contributed by atoms with Gasteiger partial charge in [0.2, 0.25) is 11.8 Å². The molecule has 1 atom stereocenters. The van der Waals surface area contributed by atoms with E-state index >= 15 is 0 Å². The van der Waals surface area contributed by atoms with Crippen molar-refractivity contribution in [3.05, 3.63) is 29.8 Å². The number of amides is 2. The third kappa shape index (κ3) is 2.10. The first-order valence-electron chi connectivity index (χ1n) is 6.59. The molecule has 0 bridgehead atoms. The van der Waals surface area contributed by atoms with Gasteiger partial charge in [0.1, 0.15) is 6.54 Å². The molecule has 5 heteroatoms. The van der Waals surface area contributed by atoms with Crippen molar-refractivity contribution < 1.29 is 9.59 Å². The van der Waals surface area contributed by atoms with Crippen molar-refractivity contribution in [2.75, 3.05) is 24.5 Å². The third-order valence-corrected chi connectivity index (χ3v) is 3.81. The topological polar surface area (TPSA) is 66.6 Å². The predicted molar refractivity (Wildman–Crippen MR) is 71.7 cm³/mol. The number of carbonyl (C=O) groups excluding carboxylic acids is 2. The standard InChI is InChI=1S/C14H17N3O2/c15-11-8-10-4-1-2-5-12(10)17(14(11)19)9-13(18)16-6-3-7-16/h1-2,4-5,11H,3,6-9,15H2. The van der Waals surface area contributed by atoms with Crippen LogP contribution in [-0.2, 0) is 16.0 Å². The Kier molecular flexibility index (Phi) is 2.98. The van der Waals surface area contributed by atoms with Crippen LogP contribution < -0.4 is 10.6 Å². The normalized spacial score (nSPS) is 21.9. The third-order valence-electron chi connectivity index (χ3n) is 3.81. The average molecular weight is 259 g/mol. The highest BCUT2D eigenvalue weighted by Gasteiger charge is 2.33. The molecule has 100 valence electrons. The first kappa shape index (κ1) is 12.2. The molecular formula is C14H17N3O2. The van der Waals surface area contributed by atoms with E-state index in [4.69, 9.17) is 5.73 Å². The molecule has 2 heterocycles. The van der Waals surface area contributed by atoms with Gasteiger partial charge in [-0.2, -0.15) is 0 Å². The van der Waals surface area contributed by atoms with E-state index in [1.54, 1.807) is 4.90 Å². The lowest BCUT2D eigenvalue weighted by molar-refractivity contribution is -0.134. The monoisotopic (exact) mass is 259 g/mol. The van der Waals surface area contributed by atoms with E-state index in [1.165, 1.54) is 4.90 Å². The van der Waals surface area contributed by atoms with Gasteiger partial charge < -0.3 is 15.5 Å². The van der Waals surface area contributed by atoms with Gasteiger partial charge >= 0.3 is 0 Å². The second kappa shape index (κ2) is 4.66. The van der Waals surface area contributed by atoms with Crippen LogP contribution in [-0.4, -0.2) is 42.4 Å². The summed E-state index contributed by atoms with van der Waals surface area (Å²) in [5.74, 6) is -0.156. The highest BCUT2D eigenvalue weighted by molar-refractivity contribution is 6.03. The van der Waals surface area contributed by atoms with E-state index in [9.17, 15) is 9.59 Å². The summed E-state index contributed by atoms with van der Waals surface area (Å²) in [5.41, 5.74) is 7.72. The second-order valence-electron chi connectivity index (χ2n) is 5.10. The molecule has 1 fully saturated rings. The van der Waals surface area contributed by atoms with Crippen molar-refractivity contribution in [2.45, 2.75) is 18.9 Å². The van der Waals surface area contributed by atoms with E-state index in [1.807, 2.05) is 24.3 Å². The lowest BCUT2D eigenvalue weighted by atomic mass is 9.97. The summed E-state index contributed by atoms with van der Waals surface area (Å²) in [6.07, 6.45) is 1.60. The smallest absolute Gasteiger partial charge is 0.244 e. The summed E-state index contributed by atoms with van der Waals surface area (Å²) >= 11 is 0. The number of benzene rings is 1. The maximum atomic E-state index is 12.2. The van der Waals surface area contributed by atoms with Gasteiger partial charge in [0.05, 0.1) is 6.04 Å². The molecular weight excluding hydrogens is 242 g/mol. The maximum absolute atomic E-state index is 12.2. The van der Waals surface area contributed by atoms with Crippen LogP contribution >= 0.6 is 0 Å². The van der Waals surface area contributed by atoms with Crippen LogP contribution in [0.5, 0.6) is 0 Å². The van der Waals surface area contributed by atoms with Gasteiger partial charge in [-0.15, -0.1) is 0 Å². The molecule has 1 aromatic rings. The fraction of sp³-hybridized carbons (Fsp3) is 0.429. The minimum Gasteiger partial charge on any atom is -0.341 e. The molecule has 1 aromatic carbocycles. The van der Waals surface area contributed by atoms with Gasteiger partial charge in [0.15, 0.2) is 0 Å². The Morgan fingerprint density at radius 3 is 2.74 bits per heavy atom. The van der Waals surface area contributed by atoms with Crippen LogP contribution in [0.2, 0.25) is 0 Å². The Morgan fingerprint density at radius 1 is 1.32 bits per heavy atom. The molecule has 0 radical (unpaired) electrons. The van der Waals surface area contributed by atoms with Crippen LogP contribution in [0.3, 0.4) is 0 Å². The van der Waals surface area contributed by atoms with Crippen molar-refractivity contribution in [1.82, 2.24) is 4.90 Å². The number of nitrogens with zero attached hydrogens (tertiary/aromatic N) is 2. The number of para-hydroxylation sites is 1. The number of hydrogen-bond donors (Lipinski definition) is 1. The molecule has 5 nitrogen and oxygen atoms in total. The van der Waals surface area contributed by atoms with Gasteiger partial charge in [-0.25, -0.2) is 0 Å². The zero-order valence-corrected chi connectivity index (χ0v) is 10.7. The van der Waals surface area contributed by atoms with E-state index < -0.39 is 6.04 Å². The van der Waals surface area contributed by atoms with Crippen molar-refractivity contribution >= 4 is 17.5 Å². The largest absolute Gasteiger partial charge is 0.341 e. The van der Waals surface area contributed by atoms with Crippen LogP contribution in [0.15, 0.2) is 24.3 Å². The van der Waals surface area contributed by atoms with Gasteiger partial charge in [0, 0.05) is 18.8 Å². The molecule has 2 aliphatic heterocycles. The van der Waals surface area contributed by atoms with Crippen LogP contribution in [0.4, 0.5) is 5.69 Å². The lowest BCUT2D eigenvalue weighted by Crippen LogP contribution is -2.54. The first-order chi connectivity index (χ1) is 9.16. The van der Waals surface area contributed by atoms with Gasteiger partial charge in [-0.1, -0.05) is 18.2 Å². The summed E-state index contributed by atoms with van der Waals surface area (Å²) in [6, 6.07) is 7.10. The maximum Gasteiger partial charge on any atom is 0.244 e. The molecule has 3 rings (SSSR count). The summed E-state index contributed by atoms with van der Waals surface area (Å²) in [6.45, 7) is 1.70. The van der Waals surface area contributed by atoms with E-state index in [-0.39, 0.29) is 18.4 Å². The van der Waals surface area contributed by atoms with Crippen molar-refractivity contribution in [3.63, 3.8) is 0 Å². The molecule has 0 aliphatic carbocycles. The van der Waals surface area contributed by atoms with Gasteiger partial charge in [-0.3, -0.25) is 9.59 Å². The summed E-state index contributed by atoms with van der Waals surface area (Å²) in [4.78, 5) is 27.5. The second-order valence-corrected chi connectivity index (χ2v) is 5.10. The minimum atomic E-state index is -0.543. The van der Waals surface area contributed by atoms with Crippen LogP contribution in [0.1, 0.15) is 12.0 Å². The molecule has 0 saturated carbocycles. The number of hydrogen-bond acceptors (Lipinski definition) is 3. The fourth-order valence-corrected chi connectivity index (χ4v) is 2.55. The number of anilines is 1. The minimum absolute atomic E-state index is 0.00324. The van der Waals surface area contributed by atoms with E-state index in [0.717, 1.165) is 30.8 Å². The highest BCUT2D eigenvalue weighted by Crippen LogP contribution is 2.27. The lowest BCUT2D eigenvalue weighted by Gasteiger charge is -2.36. The molecule has 1 unspecified atom stereocenters. The SMILES string of the molecule is NC1Cc2ccccc2N(CC(=O)N2CCC2)C1=O. The Morgan fingerprint density at radius 2 is 2.05 bits per heavy atom. The highest BCUT2D eigenvalue weighted by atomic mass is 16.2. The van der Waals surface area contributed by atoms with E-state index in [0.29, 0.717) is 6.42 Å². The Bertz CT molecular complexity index is 525. The van der Waals surface area contributed by atoms with Crippen molar-refractivity contribution in [1.29, 1.82) is 0 Å². The molecule has 2 amide bonds. The zero-order valence-electron chi connectivity index (χ0n) is 10.7. The predicted octanol–water partition coefficient (Wildman–Crippen LogP) is 0.135. The quantitative estimate of drug-likeness (QED) is 0.821.